The van der Waals surface area contributed by atoms with Crippen LogP contribution in [0.5, 0.6) is 0 Å². The summed E-state index contributed by atoms with van der Waals surface area (Å²) in [6.45, 7) is 7.55. The van der Waals surface area contributed by atoms with Crippen LogP contribution in [0.25, 0.3) is 0 Å². The Balaban J connectivity index is 1.99. The van der Waals surface area contributed by atoms with Crippen LogP contribution in [0.1, 0.15) is 50.7 Å². The molecule has 0 bridgehead atoms. The standard InChI is InChI=1S/C15H26N2OS/c1-15(2,3)13-10-19-14(17-13)9-11(16-4)12-7-5-6-8-18-12/h10-12,16H,5-9H2,1-4H3. The lowest BCUT2D eigenvalue weighted by Gasteiger charge is -2.29. The van der Waals surface area contributed by atoms with E-state index in [4.69, 9.17) is 9.72 Å². The van der Waals surface area contributed by atoms with Crippen LogP contribution >= 0.6 is 11.3 Å². The van der Waals surface area contributed by atoms with Crippen LogP contribution in [0.15, 0.2) is 5.38 Å². The van der Waals surface area contributed by atoms with Gasteiger partial charge in [0.25, 0.3) is 0 Å². The number of aromatic nitrogens is 1. The Hall–Kier alpha value is -0.450. The first-order valence-corrected chi connectivity index (χ1v) is 8.12. The average molecular weight is 282 g/mol. The van der Waals surface area contributed by atoms with Crippen molar-refractivity contribution in [3.8, 4) is 0 Å². The fourth-order valence-electron chi connectivity index (χ4n) is 2.44. The van der Waals surface area contributed by atoms with Crippen LogP contribution in [-0.4, -0.2) is 30.8 Å². The molecule has 1 aliphatic rings. The summed E-state index contributed by atoms with van der Waals surface area (Å²) in [6, 6.07) is 0.388. The molecule has 0 spiro atoms. The van der Waals surface area contributed by atoms with E-state index in [0.717, 1.165) is 13.0 Å². The van der Waals surface area contributed by atoms with Gasteiger partial charge in [-0.25, -0.2) is 4.98 Å². The molecule has 2 rings (SSSR count). The minimum Gasteiger partial charge on any atom is -0.377 e. The minimum atomic E-state index is 0.144. The highest BCUT2D eigenvalue weighted by Crippen LogP contribution is 2.25. The zero-order valence-corrected chi connectivity index (χ0v) is 13.3. The number of rotatable bonds is 4. The number of ether oxygens (including phenoxy) is 1. The molecule has 19 heavy (non-hydrogen) atoms. The van der Waals surface area contributed by atoms with E-state index in [1.165, 1.54) is 30.0 Å². The summed E-state index contributed by atoms with van der Waals surface area (Å²) in [4.78, 5) is 4.79. The van der Waals surface area contributed by atoms with Crippen LogP contribution in [0, 0.1) is 0 Å². The zero-order chi connectivity index (χ0) is 13.9. The van der Waals surface area contributed by atoms with Crippen molar-refractivity contribution in [3.05, 3.63) is 16.1 Å². The third-order valence-corrected chi connectivity index (χ3v) is 4.62. The van der Waals surface area contributed by atoms with Gasteiger partial charge in [0.15, 0.2) is 0 Å². The molecule has 1 saturated heterocycles. The van der Waals surface area contributed by atoms with Crippen molar-refractivity contribution in [2.75, 3.05) is 13.7 Å². The maximum Gasteiger partial charge on any atom is 0.0945 e. The first-order chi connectivity index (χ1) is 9.00. The fraction of sp³-hybridized carbons (Fsp3) is 0.800. The summed E-state index contributed by atoms with van der Waals surface area (Å²) >= 11 is 1.78. The van der Waals surface area contributed by atoms with Gasteiger partial charge in [0.1, 0.15) is 0 Å². The topological polar surface area (TPSA) is 34.2 Å². The molecule has 2 atom stereocenters. The monoisotopic (exact) mass is 282 g/mol. The van der Waals surface area contributed by atoms with E-state index in [0.29, 0.717) is 12.1 Å². The number of nitrogens with one attached hydrogen (secondary N) is 1. The van der Waals surface area contributed by atoms with Gasteiger partial charge in [-0.3, -0.25) is 0 Å². The minimum absolute atomic E-state index is 0.144. The molecule has 4 heteroatoms. The molecule has 3 nitrogen and oxygen atoms in total. The van der Waals surface area contributed by atoms with Gasteiger partial charge in [0, 0.05) is 29.9 Å². The third kappa shape index (κ3) is 4.01. The van der Waals surface area contributed by atoms with Crippen molar-refractivity contribution in [2.45, 2.75) is 64.0 Å². The molecular formula is C15H26N2OS. The number of thiazole rings is 1. The molecule has 0 saturated carbocycles. The molecule has 2 unspecified atom stereocenters. The smallest absolute Gasteiger partial charge is 0.0945 e. The third-order valence-electron chi connectivity index (χ3n) is 3.75. The van der Waals surface area contributed by atoms with Crippen molar-refractivity contribution in [1.82, 2.24) is 10.3 Å². The van der Waals surface area contributed by atoms with Crippen molar-refractivity contribution < 1.29 is 4.74 Å². The molecule has 2 heterocycles. The SMILES string of the molecule is CNC(Cc1nc(C(C)(C)C)cs1)C1CCCCO1. The van der Waals surface area contributed by atoms with Crippen LogP contribution in [0.3, 0.4) is 0 Å². The molecule has 1 aromatic heterocycles. The molecule has 1 aromatic rings. The normalized spacial score (nSPS) is 22.4. The Bertz CT molecular complexity index is 391. The lowest BCUT2D eigenvalue weighted by atomic mass is 9.93. The van der Waals surface area contributed by atoms with Crippen LogP contribution in [-0.2, 0) is 16.6 Å². The van der Waals surface area contributed by atoms with E-state index in [9.17, 15) is 0 Å². The van der Waals surface area contributed by atoms with Gasteiger partial charge in [0.2, 0.25) is 0 Å². The lowest BCUT2D eigenvalue weighted by Crippen LogP contribution is -2.42. The summed E-state index contributed by atoms with van der Waals surface area (Å²) in [7, 11) is 2.03. The fourth-order valence-corrected chi connectivity index (χ4v) is 3.52. The van der Waals surface area contributed by atoms with Gasteiger partial charge >= 0.3 is 0 Å². The van der Waals surface area contributed by atoms with Crippen molar-refractivity contribution >= 4 is 11.3 Å². The van der Waals surface area contributed by atoms with E-state index in [1.807, 2.05) is 7.05 Å². The summed E-state index contributed by atoms with van der Waals surface area (Å²) < 4.78 is 5.89. The summed E-state index contributed by atoms with van der Waals surface area (Å²) in [5.74, 6) is 0. The predicted octanol–water partition coefficient (Wildman–Crippen LogP) is 3.14. The maximum atomic E-state index is 5.89. The molecule has 0 amide bonds. The van der Waals surface area contributed by atoms with Crippen LogP contribution < -0.4 is 5.32 Å². The summed E-state index contributed by atoms with van der Waals surface area (Å²) in [5.41, 5.74) is 1.34. The Morgan fingerprint density at radius 3 is 2.79 bits per heavy atom. The second kappa shape index (κ2) is 6.33. The quantitative estimate of drug-likeness (QED) is 0.921. The van der Waals surface area contributed by atoms with E-state index >= 15 is 0 Å². The number of hydrogen-bond donors (Lipinski definition) is 1. The Kier molecular flexibility index (Phi) is 4.98. The lowest BCUT2D eigenvalue weighted by molar-refractivity contribution is -0.00589. The molecule has 1 fully saturated rings. The largest absolute Gasteiger partial charge is 0.377 e. The first-order valence-electron chi connectivity index (χ1n) is 7.24. The van der Waals surface area contributed by atoms with Crippen LogP contribution in [0.4, 0.5) is 0 Å². The molecular weight excluding hydrogens is 256 g/mol. The second-order valence-electron chi connectivity index (χ2n) is 6.38. The Morgan fingerprint density at radius 1 is 1.47 bits per heavy atom. The van der Waals surface area contributed by atoms with Crippen molar-refractivity contribution in [3.63, 3.8) is 0 Å². The van der Waals surface area contributed by atoms with Gasteiger partial charge < -0.3 is 10.1 Å². The number of hydrogen-bond acceptors (Lipinski definition) is 4. The summed E-state index contributed by atoms with van der Waals surface area (Å²) in [6.07, 6.45) is 4.98. The van der Waals surface area contributed by atoms with E-state index in [1.54, 1.807) is 11.3 Å². The van der Waals surface area contributed by atoms with E-state index in [2.05, 4.69) is 31.5 Å². The van der Waals surface area contributed by atoms with Crippen molar-refractivity contribution in [1.29, 1.82) is 0 Å². The highest BCUT2D eigenvalue weighted by atomic mass is 32.1. The zero-order valence-electron chi connectivity index (χ0n) is 12.5. The Labute approximate surface area is 120 Å². The molecule has 0 radical (unpaired) electrons. The second-order valence-corrected chi connectivity index (χ2v) is 7.32. The van der Waals surface area contributed by atoms with Gasteiger partial charge in [-0.05, 0) is 26.3 Å². The van der Waals surface area contributed by atoms with Gasteiger partial charge in [-0.2, -0.15) is 0 Å². The van der Waals surface area contributed by atoms with Gasteiger partial charge in [0.05, 0.1) is 16.8 Å². The average Bonchev–Trinajstić information content (AvgIpc) is 2.85. The molecule has 0 aliphatic carbocycles. The summed E-state index contributed by atoms with van der Waals surface area (Å²) in [5, 5.41) is 6.83. The van der Waals surface area contributed by atoms with Crippen LogP contribution in [0.2, 0.25) is 0 Å². The van der Waals surface area contributed by atoms with E-state index in [-0.39, 0.29) is 5.41 Å². The van der Waals surface area contributed by atoms with Crippen molar-refractivity contribution in [2.24, 2.45) is 0 Å². The predicted molar refractivity (Wildman–Crippen MR) is 81.0 cm³/mol. The molecule has 0 aromatic carbocycles. The number of likely N-dealkylation sites (N-methyl/N-ethyl adjacent to an activating group) is 1. The first kappa shape index (κ1) is 14.9. The highest BCUT2D eigenvalue weighted by Gasteiger charge is 2.25. The maximum absolute atomic E-state index is 5.89. The molecule has 1 aliphatic heterocycles. The number of nitrogens with zero attached hydrogens (tertiary/aromatic N) is 1. The van der Waals surface area contributed by atoms with E-state index < -0.39 is 0 Å². The molecule has 1 N–H and O–H groups in total. The van der Waals surface area contributed by atoms with Gasteiger partial charge in [-0.1, -0.05) is 20.8 Å². The van der Waals surface area contributed by atoms with Gasteiger partial charge in [-0.15, -0.1) is 11.3 Å². The highest BCUT2D eigenvalue weighted by molar-refractivity contribution is 7.09. The Morgan fingerprint density at radius 2 is 2.26 bits per heavy atom. The molecule has 108 valence electrons.